The van der Waals surface area contributed by atoms with Crippen LogP contribution in [0.1, 0.15) is 36.7 Å². The highest BCUT2D eigenvalue weighted by Gasteiger charge is 2.38. The fourth-order valence-corrected chi connectivity index (χ4v) is 3.01. The van der Waals surface area contributed by atoms with Crippen molar-refractivity contribution in [3.8, 4) is 0 Å². The molecule has 3 heteroatoms. The maximum atomic E-state index is 4.13. The van der Waals surface area contributed by atoms with Crippen molar-refractivity contribution >= 4 is 0 Å². The van der Waals surface area contributed by atoms with E-state index < -0.39 is 0 Å². The number of rotatable bonds is 3. The molecule has 0 bridgehead atoms. The van der Waals surface area contributed by atoms with Crippen LogP contribution in [0.15, 0.2) is 42.6 Å². The van der Waals surface area contributed by atoms with Crippen LogP contribution in [-0.4, -0.2) is 10.2 Å². The molecule has 0 saturated carbocycles. The summed E-state index contributed by atoms with van der Waals surface area (Å²) >= 11 is 0. The highest BCUT2D eigenvalue weighted by Crippen LogP contribution is 2.44. The van der Waals surface area contributed by atoms with Crippen molar-refractivity contribution in [3.63, 3.8) is 0 Å². The minimum atomic E-state index is 0.242. The minimum Gasteiger partial charge on any atom is -0.304 e. The lowest BCUT2D eigenvalue weighted by Crippen LogP contribution is -2.31. The van der Waals surface area contributed by atoms with E-state index in [1.54, 1.807) is 6.20 Å². The Morgan fingerprint density at radius 1 is 1.21 bits per heavy atom. The van der Waals surface area contributed by atoms with Gasteiger partial charge in [-0.2, -0.15) is 10.2 Å². The third kappa shape index (κ3) is 2.38. The van der Waals surface area contributed by atoms with Crippen molar-refractivity contribution in [2.45, 2.75) is 32.9 Å². The number of hydrogen-bond donors (Lipinski definition) is 1. The quantitative estimate of drug-likeness (QED) is 0.914. The molecule has 0 radical (unpaired) electrons. The van der Waals surface area contributed by atoms with Crippen LogP contribution in [0.2, 0.25) is 0 Å². The predicted octanol–water partition coefficient (Wildman–Crippen LogP) is 2.89. The lowest BCUT2D eigenvalue weighted by Gasteiger charge is -2.28. The van der Waals surface area contributed by atoms with E-state index in [-0.39, 0.29) is 5.41 Å². The fraction of sp³-hybridized carbons (Fsp3) is 0.375. The number of benzene rings is 1. The highest BCUT2D eigenvalue weighted by atomic mass is 15.1. The average Bonchev–Trinajstić information content (AvgIpc) is 2.67. The maximum Gasteiger partial charge on any atom is 0.0769 e. The summed E-state index contributed by atoms with van der Waals surface area (Å²) in [6, 6.07) is 13.0. The summed E-state index contributed by atoms with van der Waals surface area (Å²) in [4.78, 5) is 0. The van der Waals surface area contributed by atoms with Gasteiger partial charge in [0.25, 0.3) is 0 Å². The van der Waals surface area contributed by atoms with E-state index >= 15 is 0 Å². The van der Waals surface area contributed by atoms with Crippen LogP contribution >= 0.6 is 0 Å². The Bertz CT molecular complexity index is 563. The molecule has 1 aromatic carbocycles. The molecule has 1 N–H and O–H groups in total. The van der Waals surface area contributed by atoms with E-state index in [1.807, 2.05) is 12.1 Å². The molecule has 1 aliphatic rings. The zero-order valence-electron chi connectivity index (χ0n) is 11.4. The van der Waals surface area contributed by atoms with Crippen molar-refractivity contribution in [2.75, 3.05) is 0 Å². The molecule has 0 spiro atoms. The third-order valence-electron chi connectivity index (χ3n) is 3.91. The molecule has 3 rings (SSSR count). The van der Waals surface area contributed by atoms with Gasteiger partial charge in [-0.25, -0.2) is 0 Å². The second-order valence-corrected chi connectivity index (χ2v) is 5.89. The van der Waals surface area contributed by atoms with Crippen molar-refractivity contribution < 1.29 is 0 Å². The van der Waals surface area contributed by atoms with E-state index in [0.29, 0.717) is 6.04 Å². The topological polar surface area (TPSA) is 37.8 Å². The van der Waals surface area contributed by atoms with Crippen LogP contribution in [0, 0.1) is 5.41 Å². The van der Waals surface area contributed by atoms with E-state index in [4.69, 9.17) is 0 Å². The second kappa shape index (κ2) is 4.74. The van der Waals surface area contributed by atoms with Crippen molar-refractivity contribution in [3.05, 3.63) is 59.4 Å². The predicted molar refractivity (Wildman–Crippen MR) is 75.5 cm³/mol. The van der Waals surface area contributed by atoms with Crippen LogP contribution in [0.25, 0.3) is 0 Å². The zero-order valence-corrected chi connectivity index (χ0v) is 11.4. The fourth-order valence-electron chi connectivity index (χ4n) is 3.01. The van der Waals surface area contributed by atoms with E-state index in [1.165, 1.54) is 11.1 Å². The number of nitrogens with zero attached hydrogens (tertiary/aromatic N) is 2. The van der Waals surface area contributed by atoms with Gasteiger partial charge in [0.2, 0.25) is 0 Å². The first-order valence-electron chi connectivity index (χ1n) is 6.74. The lowest BCUT2D eigenvalue weighted by atomic mass is 9.85. The van der Waals surface area contributed by atoms with E-state index in [0.717, 1.165) is 18.7 Å². The molecular weight excluding hydrogens is 234 g/mol. The molecule has 1 unspecified atom stereocenters. The van der Waals surface area contributed by atoms with Crippen molar-refractivity contribution in [2.24, 2.45) is 5.41 Å². The summed E-state index contributed by atoms with van der Waals surface area (Å²) < 4.78 is 0. The molecule has 2 aromatic rings. The Morgan fingerprint density at radius 2 is 2.05 bits per heavy atom. The van der Waals surface area contributed by atoms with E-state index in [9.17, 15) is 0 Å². The summed E-state index contributed by atoms with van der Waals surface area (Å²) in [6.45, 7) is 5.40. The molecule has 1 aromatic heterocycles. The Hall–Kier alpha value is -1.74. The molecule has 98 valence electrons. The standard InChI is InChI=1S/C16H19N3/c1-16(2)10-12-6-3-4-8-14(12)15(16)17-11-13-7-5-9-18-19-13/h3-9,15,17H,10-11H2,1-2H3. The summed E-state index contributed by atoms with van der Waals surface area (Å²) in [7, 11) is 0. The van der Waals surface area contributed by atoms with Crippen molar-refractivity contribution in [1.82, 2.24) is 15.5 Å². The number of nitrogens with one attached hydrogen (secondary N) is 1. The average molecular weight is 253 g/mol. The normalized spacial score (nSPS) is 20.2. The Morgan fingerprint density at radius 3 is 2.84 bits per heavy atom. The first-order chi connectivity index (χ1) is 9.17. The number of hydrogen-bond acceptors (Lipinski definition) is 3. The summed E-state index contributed by atoms with van der Waals surface area (Å²) in [6.07, 6.45) is 2.83. The monoisotopic (exact) mass is 253 g/mol. The molecule has 0 amide bonds. The maximum absolute atomic E-state index is 4.13. The van der Waals surface area contributed by atoms with Gasteiger partial charge in [0.1, 0.15) is 0 Å². The van der Waals surface area contributed by atoms with Gasteiger partial charge in [-0.1, -0.05) is 38.1 Å². The summed E-state index contributed by atoms with van der Waals surface area (Å²) in [5, 5.41) is 11.7. The van der Waals surface area contributed by atoms with Gasteiger partial charge in [-0.3, -0.25) is 0 Å². The van der Waals surface area contributed by atoms with Gasteiger partial charge in [-0.05, 0) is 35.1 Å². The molecule has 1 aliphatic carbocycles. The summed E-state index contributed by atoms with van der Waals surface area (Å²) in [5.41, 5.74) is 4.12. The van der Waals surface area contributed by atoms with Crippen LogP contribution < -0.4 is 5.32 Å². The zero-order chi connectivity index (χ0) is 13.3. The molecule has 0 fully saturated rings. The minimum absolute atomic E-state index is 0.242. The molecular formula is C16H19N3. The van der Waals surface area contributed by atoms with Gasteiger partial charge in [0.05, 0.1) is 5.69 Å². The van der Waals surface area contributed by atoms with Gasteiger partial charge >= 0.3 is 0 Å². The van der Waals surface area contributed by atoms with Gasteiger partial charge in [0.15, 0.2) is 0 Å². The molecule has 1 atom stereocenters. The van der Waals surface area contributed by atoms with Crippen LogP contribution in [0.4, 0.5) is 0 Å². The SMILES string of the molecule is CC1(C)Cc2ccccc2C1NCc1cccnn1. The van der Waals surface area contributed by atoms with Crippen LogP contribution in [0.3, 0.4) is 0 Å². The lowest BCUT2D eigenvalue weighted by molar-refractivity contribution is 0.267. The molecule has 19 heavy (non-hydrogen) atoms. The Labute approximate surface area is 114 Å². The highest BCUT2D eigenvalue weighted by molar-refractivity contribution is 5.37. The number of fused-ring (bicyclic) bond motifs is 1. The first-order valence-corrected chi connectivity index (χ1v) is 6.74. The molecule has 3 nitrogen and oxygen atoms in total. The van der Waals surface area contributed by atoms with Gasteiger partial charge in [-0.15, -0.1) is 0 Å². The van der Waals surface area contributed by atoms with Crippen LogP contribution in [-0.2, 0) is 13.0 Å². The second-order valence-electron chi connectivity index (χ2n) is 5.89. The summed E-state index contributed by atoms with van der Waals surface area (Å²) in [5.74, 6) is 0. The van der Waals surface area contributed by atoms with Gasteiger partial charge < -0.3 is 5.32 Å². The first kappa shape index (κ1) is 12.3. The molecule has 1 heterocycles. The Kier molecular flexibility index (Phi) is 3.07. The number of aromatic nitrogens is 2. The van der Waals surface area contributed by atoms with E-state index in [2.05, 4.69) is 53.6 Å². The van der Waals surface area contributed by atoms with Crippen LogP contribution in [0.5, 0.6) is 0 Å². The smallest absolute Gasteiger partial charge is 0.0769 e. The Balaban J connectivity index is 1.80. The van der Waals surface area contributed by atoms with Gasteiger partial charge in [0, 0.05) is 18.8 Å². The third-order valence-corrected chi connectivity index (χ3v) is 3.91. The largest absolute Gasteiger partial charge is 0.304 e. The van der Waals surface area contributed by atoms with Crippen molar-refractivity contribution in [1.29, 1.82) is 0 Å². The molecule has 0 saturated heterocycles. The molecule has 0 aliphatic heterocycles.